The molecular formula is C12H14F3NO4S. The monoisotopic (exact) mass is 325 g/mol. The quantitative estimate of drug-likeness (QED) is 0.738. The molecule has 9 heteroatoms. The van der Waals surface area contributed by atoms with E-state index in [1.807, 2.05) is 0 Å². The van der Waals surface area contributed by atoms with Crippen molar-refractivity contribution < 1.29 is 31.8 Å². The van der Waals surface area contributed by atoms with Gasteiger partial charge in [-0.05, 0) is 24.3 Å². The van der Waals surface area contributed by atoms with E-state index in [-0.39, 0.29) is 18.0 Å². The Bertz CT molecular complexity index is 614. The Morgan fingerprint density at radius 3 is 2.33 bits per heavy atom. The van der Waals surface area contributed by atoms with E-state index in [2.05, 4.69) is 5.32 Å². The molecule has 1 aromatic carbocycles. The fourth-order valence-electron chi connectivity index (χ4n) is 2.28. The van der Waals surface area contributed by atoms with Crippen LogP contribution in [-0.2, 0) is 16.0 Å². The Morgan fingerprint density at radius 2 is 1.86 bits per heavy atom. The Balaban J connectivity index is 2.36. The molecule has 1 aromatic rings. The van der Waals surface area contributed by atoms with Crippen LogP contribution in [0.4, 0.5) is 13.2 Å². The highest BCUT2D eigenvalue weighted by atomic mass is 32.2. The van der Waals surface area contributed by atoms with Crippen LogP contribution >= 0.6 is 0 Å². The summed E-state index contributed by atoms with van der Waals surface area (Å²) >= 11 is 0. The van der Waals surface area contributed by atoms with Gasteiger partial charge in [-0.15, -0.1) is 0 Å². The van der Waals surface area contributed by atoms with Crippen LogP contribution in [0.25, 0.3) is 0 Å². The second-order valence-electron chi connectivity index (χ2n) is 4.95. The summed E-state index contributed by atoms with van der Waals surface area (Å²) in [5, 5.41) is 20.6. The first-order valence-corrected chi connectivity index (χ1v) is 7.61. The molecule has 21 heavy (non-hydrogen) atoms. The number of benzene rings is 1. The summed E-state index contributed by atoms with van der Waals surface area (Å²) in [5.41, 5.74) is -2.80. The average Bonchev–Trinajstić information content (AvgIpc) is 2.81. The molecule has 1 fully saturated rings. The molecule has 0 unspecified atom stereocenters. The summed E-state index contributed by atoms with van der Waals surface area (Å²) in [7, 11) is -4.06. The molecule has 0 amide bonds. The maximum atomic E-state index is 12.5. The molecule has 5 nitrogen and oxygen atoms in total. The van der Waals surface area contributed by atoms with E-state index in [0.29, 0.717) is 12.1 Å². The minimum absolute atomic E-state index is 0.0829. The summed E-state index contributed by atoms with van der Waals surface area (Å²) in [5.74, 6) is 0. The van der Waals surface area contributed by atoms with Gasteiger partial charge in [0.25, 0.3) is 0 Å². The summed E-state index contributed by atoms with van der Waals surface area (Å²) in [6, 6.07) is 3.06. The third-order valence-electron chi connectivity index (χ3n) is 3.52. The molecule has 0 saturated carbocycles. The van der Waals surface area contributed by atoms with Crippen LogP contribution in [-0.4, -0.2) is 49.2 Å². The minimum Gasteiger partial charge on any atom is -0.393 e. The topological polar surface area (TPSA) is 86.6 Å². The van der Waals surface area contributed by atoms with E-state index in [1.54, 1.807) is 0 Å². The van der Waals surface area contributed by atoms with E-state index in [0.717, 1.165) is 12.1 Å². The Kier molecular flexibility index (Phi) is 4.04. The van der Waals surface area contributed by atoms with Gasteiger partial charge in [0.05, 0.1) is 17.1 Å². The summed E-state index contributed by atoms with van der Waals surface area (Å²) < 4.78 is 62.1. The standard InChI is InChI=1S/C12H14F3NO4S/c13-12(14,15)8-1-3-9(4-2-8)21(19,20)10-5-16-6-11(10,18)7-17/h1-4,10,16-18H,5-7H2/t10-,11+/m0/s1. The van der Waals surface area contributed by atoms with E-state index in [9.17, 15) is 26.7 Å². The first-order valence-electron chi connectivity index (χ1n) is 6.06. The normalized spacial score (nSPS) is 27.0. The lowest BCUT2D eigenvalue weighted by Crippen LogP contribution is -2.49. The van der Waals surface area contributed by atoms with Crippen molar-refractivity contribution in [2.45, 2.75) is 21.9 Å². The zero-order chi connectivity index (χ0) is 15.9. The Labute approximate surface area is 119 Å². The van der Waals surface area contributed by atoms with Crippen molar-refractivity contribution in [1.29, 1.82) is 0 Å². The molecular weight excluding hydrogens is 311 g/mol. The third kappa shape index (κ3) is 2.91. The summed E-state index contributed by atoms with van der Waals surface area (Å²) in [6.07, 6.45) is -4.55. The number of halogens is 3. The molecule has 1 saturated heterocycles. The van der Waals surface area contributed by atoms with Gasteiger partial charge >= 0.3 is 6.18 Å². The molecule has 1 heterocycles. The summed E-state index contributed by atoms with van der Waals surface area (Å²) in [4.78, 5) is -0.323. The van der Waals surface area contributed by atoms with Gasteiger partial charge in [0.2, 0.25) is 0 Å². The van der Waals surface area contributed by atoms with Gasteiger partial charge < -0.3 is 15.5 Å². The predicted octanol–water partition coefficient (Wildman–Crippen LogP) is 0.174. The van der Waals surface area contributed by atoms with Crippen molar-refractivity contribution in [2.24, 2.45) is 0 Å². The van der Waals surface area contributed by atoms with Gasteiger partial charge in [0.15, 0.2) is 9.84 Å². The van der Waals surface area contributed by atoms with E-state index in [4.69, 9.17) is 5.11 Å². The zero-order valence-electron chi connectivity index (χ0n) is 10.8. The number of alkyl halides is 3. The van der Waals surface area contributed by atoms with Gasteiger partial charge in [0, 0.05) is 13.1 Å². The molecule has 0 aromatic heterocycles. The van der Waals surface area contributed by atoms with Gasteiger partial charge in [-0.25, -0.2) is 8.42 Å². The van der Waals surface area contributed by atoms with Crippen molar-refractivity contribution >= 4 is 9.84 Å². The van der Waals surface area contributed by atoms with Crippen LogP contribution in [0, 0.1) is 0 Å². The zero-order valence-corrected chi connectivity index (χ0v) is 11.6. The first-order chi connectivity index (χ1) is 9.61. The number of nitrogens with one attached hydrogen (secondary N) is 1. The molecule has 2 rings (SSSR count). The lowest BCUT2D eigenvalue weighted by molar-refractivity contribution is -0.137. The van der Waals surface area contributed by atoms with Gasteiger partial charge in [-0.1, -0.05) is 0 Å². The number of sulfone groups is 1. The van der Waals surface area contributed by atoms with Crippen molar-refractivity contribution in [3.63, 3.8) is 0 Å². The fourth-order valence-corrected chi connectivity index (χ4v) is 4.19. The molecule has 0 spiro atoms. The van der Waals surface area contributed by atoms with Crippen molar-refractivity contribution in [3.05, 3.63) is 29.8 Å². The van der Waals surface area contributed by atoms with E-state index >= 15 is 0 Å². The molecule has 118 valence electrons. The number of aliphatic hydroxyl groups excluding tert-OH is 1. The highest BCUT2D eigenvalue weighted by molar-refractivity contribution is 7.92. The maximum absolute atomic E-state index is 12.5. The van der Waals surface area contributed by atoms with Gasteiger partial charge in [-0.2, -0.15) is 13.2 Å². The molecule has 3 N–H and O–H groups in total. The minimum atomic E-state index is -4.55. The number of rotatable bonds is 3. The van der Waals surface area contributed by atoms with Crippen LogP contribution in [0.3, 0.4) is 0 Å². The highest BCUT2D eigenvalue weighted by Crippen LogP contribution is 2.32. The second kappa shape index (κ2) is 5.24. The molecule has 2 atom stereocenters. The number of aliphatic hydroxyl groups is 2. The second-order valence-corrected chi connectivity index (χ2v) is 7.08. The van der Waals surface area contributed by atoms with Crippen LogP contribution in [0.2, 0.25) is 0 Å². The van der Waals surface area contributed by atoms with Crippen molar-refractivity contribution in [3.8, 4) is 0 Å². The molecule has 0 radical (unpaired) electrons. The number of β-amino-alcohol motifs (C(OH)–C–C–N with tert-alkyl or cyclic N) is 1. The SMILES string of the molecule is O=S(=O)(c1ccc(C(F)(F)F)cc1)[C@H]1CNC[C@@]1(O)CO. The maximum Gasteiger partial charge on any atom is 0.416 e. The number of hydrogen-bond donors (Lipinski definition) is 3. The molecule has 0 bridgehead atoms. The summed E-state index contributed by atoms with van der Waals surface area (Å²) in [6.45, 7) is -0.945. The predicted molar refractivity (Wildman–Crippen MR) is 67.3 cm³/mol. The van der Waals surface area contributed by atoms with Crippen molar-refractivity contribution in [2.75, 3.05) is 19.7 Å². The lowest BCUT2D eigenvalue weighted by atomic mass is 10.1. The first kappa shape index (κ1) is 16.2. The number of hydrogen-bond acceptors (Lipinski definition) is 5. The lowest BCUT2D eigenvalue weighted by Gasteiger charge is -2.26. The Morgan fingerprint density at radius 1 is 1.29 bits per heavy atom. The molecule has 1 aliphatic rings. The molecule has 1 aliphatic heterocycles. The largest absolute Gasteiger partial charge is 0.416 e. The van der Waals surface area contributed by atoms with E-state index < -0.39 is 39.0 Å². The van der Waals surface area contributed by atoms with Crippen LogP contribution in [0.1, 0.15) is 5.56 Å². The van der Waals surface area contributed by atoms with E-state index in [1.165, 1.54) is 0 Å². The average molecular weight is 325 g/mol. The highest BCUT2D eigenvalue weighted by Gasteiger charge is 2.49. The third-order valence-corrected chi connectivity index (χ3v) is 5.80. The van der Waals surface area contributed by atoms with Gasteiger partial charge in [-0.3, -0.25) is 0 Å². The fraction of sp³-hybridized carbons (Fsp3) is 0.500. The smallest absolute Gasteiger partial charge is 0.393 e. The van der Waals surface area contributed by atoms with Crippen LogP contribution < -0.4 is 5.32 Å². The molecule has 0 aliphatic carbocycles. The van der Waals surface area contributed by atoms with Crippen molar-refractivity contribution in [1.82, 2.24) is 5.32 Å². The van der Waals surface area contributed by atoms with Crippen LogP contribution in [0.15, 0.2) is 29.2 Å². The van der Waals surface area contributed by atoms with Gasteiger partial charge in [0.1, 0.15) is 10.9 Å². The Hall–Kier alpha value is -1.16. The van der Waals surface area contributed by atoms with Crippen LogP contribution in [0.5, 0.6) is 0 Å².